The Labute approximate surface area is 124 Å². The molecule has 0 spiro atoms. The van der Waals surface area contributed by atoms with Gasteiger partial charge in [0.25, 0.3) is 0 Å². The van der Waals surface area contributed by atoms with Crippen LogP contribution in [0.5, 0.6) is 0 Å². The third-order valence-corrected chi connectivity index (χ3v) is 3.86. The monoisotopic (exact) mass is 286 g/mol. The van der Waals surface area contributed by atoms with Crippen LogP contribution in [0.4, 0.5) is 0 Å². The Bertz CT molecular complexity index is 209. The van der Waals surface area contributed by atoms with Crippen LogP contribution >= 0.6 is 0 Å². The minimum Gasteiger partial charge on any atom is -0.389 e. The van der Waals surface area contributed by atoms with Gasteiger partial charge in [0.1, 0.15) is 0 Å². The van der Waals surface area contributed by atoms with Crippen LogP contribution in [0.25, 0.3) is 0 Å². The first kappa shape index (κ1) is 17.9. The molecule has 0 aromatic rings. The molecule has 1 fully saturated rings. The molecule has 0 amide bonds. The molecule has 20 heavy (non-hydrogen) atoms. The van der Waals surface area contributed by atoms with Crippen molar-refractivity contribution in [1.82, 2.24) is 10.2 Å². The Morgan fingerprint density at radius 3 is 2.70 bits per heavy atom. The van der Waals surface area contributed by atoms with Gasteiger partial charge in [-0.25, -0.2) is 0 Å². The standard InChI is InChI=1S/C16H34N2O2/c1-2-3-4-7-13-20-15-16(19)14-17-9-8-12-18-10-5-6-11-18/h16-17,19H,2-15H2,1H3. The first-order chi connectivity index (χ1) is 9.83. The lowest BCUT2D eigenvalue weighted by atomic mass is 10.2. The van der Waals surface area contributed by atoms with E-state index in [4.69, 9.17) is 4.74 Å². The summed E-state index contributed by atoms with van der Waals surface area (Å²) in [5, 5.41) is 13.1. The molecule has 0 radical (unpaired) electrons. The van der Waals surface area contributed by atoms with Crippen molar-refractivity contribution in [2.75, 3.05) is 45.9 Å². The fourth-order valence-electron chi connectivity index (χ4n) is 2.61. The van der Waals surface area contributed by atoms with Crippen molar-refractivity contribution in [3.8, 4) is 0 Å². The number of ether oxygens (including phenoxy) is 1. The smallest absolute Gasteiger partial charge is 0.0897 e. The number of nitrogens with one attached hydrogen (secondary N) is 1. The lowest BCUT2D eigenvalue weighted by Gasteiger charge is -2.15. The summed E-state index contributed by atoms with van der Waals surface area (Å²) >= 11 is 0. The summed E-state index contributed by atoms with van der Waals surface area (Å²) in [7, 11) is 0. The molecule has 0 bridgehead atoms. The molecule has 1 unspecified atom stereocenters. The van der Waals surface area contributed by atoms with Gasteiger partial charge >= 0.3 is 0 Å². The zero-order valence-corrected chi connectivity index (χ0v) is 13.3. The predicted molar refractivity (Wildman–Crippen MR) is 84.1 cm³/mol. The fourth-order valence-corrected chi connectivity index (χ4v) is 2.61. The van der Waals surface area contributed by atoms with E-state index < -0.39 is 0 Å². The second-order valence-corrected chi connectivity index (χ2v) is 5.90. The normalized spacial score (nSPS) is 17.7. The number of rotatable bonds is 13. The highest BCUT2D eigenvalue weighted by Crippen LogP contribution is 2.06. The van der Waals surface area contributed by atoms with E-state index >= 15 is 0 Å². The SMILES string of the molecule is CCCCCCOCC(O)CNCCCN1CCCC1. The summed E-state index contributed by atoms with van der Waals surface area (Å²) < 4.78 is 5.48. The molecule has 1 aliphatic rings. The Morgan fingerprint density at radius 2 is 1.95 bits per heavy atom. The number of aliphatic hydroxyl groups is 1. The number of unbranched alkanes of at least 4 members (excludes halogenated alkanes) is 3. The van der Waals surface area contributed by atoms with Crippen LogP contribution in [-0.2, 0) is 4.74 Å². The Balaban J connectivity index is 1.78. The third-order valence-electron chi connectivity index (χ3n) is 3.86. The number of nitrogens with zero attached hydrogens (tertiary/aromatic N) is 1. The lowest BCUT2D eigenvalue weighted by molar-refractivity contribution is 0.0355. The van der Waals surface area contributed by atoms with Gasteiger partial charge in [-0.05, 0) is 51.9 Å². The molecule has 2 N–H and O–H groups in total. The first-order valence-corrected chi connectivity index (χ1v) is 8.51. The van der Waals surface area contributed by atoms with Crippen LogP contribution in [0.2, 0.25) is 0 Å². The van der Waals surface area contributed by atoms with Crippen molar-refractivity contribution in [2.45, 2.75) is 58.0 Å². The molecule has 4 heteroatoms. The minimum absolute atomic E-state index is 0.368. The molecule has 1 aliphatic heterocycles. The van der Waals surface area contributed by atoms with Crippen molar-refractivity contribution in [1.29, 1.82) is 0 Å². The largest absolute Gasteiger partial charge is 0.389 e. The van der Waals surface area contributed by atoms with Gasteiger partial charge in [0.2, 0.25) is 0 Å². The maximum atomic E-state index is 9.76. The minimum atomic E-state index is -0.368. The van der Waals surface area contributed by atoms with E-state index in [2.05, 4.69) is 17.1 Å². The number of hydrogen-bond acceptors (Lipinski definition) is 4. The van der Waals surface area contributed by atoms with E-state index in [1.54, 1.807) is 0 Å². The zero-order chi connectivity index (χ0) is 14.5. The van der Waals surface area contributed by atoms with Crippen molar-refractivity contribution >= 4 is 0 Å². The first-order valence-electron chi connectivity index (χ1n) is 8.51. The summed E-state index contributed by atoms with van der Waals surface area (Å²) in [6.07, 6.45) is 8.42. The van der Waals surface area contributed by atoms with Crippen LogP contribution in [0.1, 0.15) is 51.9 Å². The molecule has 0 aromatic heterocycles. The molecular formula is C16H34N2O2. The molecule has 1 heterocycles. The Kier molecular flexibility index (Phi) is 11.2. The molecule has 1 atom stereocenters. The topological polar surface area (TPSA) is 44.7 Å². The number of likely N-dealkylation sites (tertiary alicyclic amines) is 1. The van der Waals surface area contributed by atoms with Crippen LogP contribution in [0.15, 0.2) is 0 Å². The number of aliphatic hydroxyl groups excluding tert-OH is 1. The average molecular weight is 286 g/mol. The molecule has 4 nitrogen and oxygen atoms in total. The van der Waals surface area contributed by atoms with Gasteiger partial charge in [-0.3, -0.25) is 0 Å². The fraction of sp³-hybridized carbons (Fsp3) is 1.00. The Hall–Kier alpha value is -0.160. The van der Waals surface area contributed by atoms with Gasteiger partial charge in [0.05, 0.1) is 12.7 Å². The maximum Gasteiger partial charge on any atom is 0.0897 e. The van der Waals surface area contributed by atoms with Crippen molar-refractivity contribution < 1.29 is 9.84 Å². The summed E-state index contributed by atoms with van der Waals surface area (Å²) in [6, 6.07) is 0. The van der Waals surface area contributed by atoms with Crippen LogP contribution < -0.4 is 5.32 Å². The van der Waals surface area contributed by atoms with E-state index in [1.165, 1.54) is 58.2 Å². The van der Waals surface area contributed by atoms with Crippen LogP contribution in [-0.4, -0.2) is 62.0 Å². The molecule has 0 saturated carbocycles. The third kappa shape index (κ3) is 9.70. The van der Waals surface area contributed by atoms with E-state index in [9.17, 15) is 5.11 Å². The zero-order valence-electron chi connectivity index (χ0n) is 13.3. The van der Waals surface area contributed by atoms with Gasteiger partial charge in [-0.1, -0.05) is 26.2 Å². The van der Waals surface area contributed by atoms with E-state index in [0.717, 1.165) is 19.6 Å². The van der Waals surface area contributed by atoms with E-state index in [-0.39, 0.29) is 6.10 Å². The lowest BCUT2D eigenvalue weighted by Crippen LogP contribution is -2.32. The number of hydrogen-bond donors (Lipinski definition) is 2. The van der Waals surface area contributed by atoms with Crippen molar-refractivity contribution in [2.24, 2.45) is 0 Å². The molecule has 1 saturated heterocycles. The van der Waals surface area contributed by atoms with E-state index in [0.29, 0.717) is 13.2 Å². The van der Waals surface area contributed by atoms with E-state index in [1.807, 2.05) is 0 Å². The molecular weight excluding hydrogens is 252 g/mol. The highest BCUT2D eigenvalue weighted by atomic mass is 16.5. The summed E-state index contributed by atoms with van der Waals surface area (Å²) in [5.41, 5.74) is 0. The van der Waals surface area contributed by atoms with Crippen LogP contribution in [0.3, 0.4) is 0 Å². The van der Waals surface area contributed by atoms with Gasteiger partial charge in [0.15, 0.2) is 0 Å². The summed E-state index contributed by atoms with van der Waals surface area (Å²) in [6.45, 7) is 8.83. The average Bonchev–Trinajstić information content (AvgIpc) is 2.95. The summed E-state index contributed by atoms with van der Waals surface area (Å²) in [4.78, 5) is 2.53. The molecule has 120 valence electrons. The second-order valence-electron chi connectivity index (χ2n) is 5.90. The molecule has 0 aromatic carbocycles. The maximum absolute atomic E-state index is 9.76. The van der Waals surface area contributed by atoms with Gasteiger partial charge in [0, 0.05) is 13.2 Å². The Morgan fingerprint density at radius 1 is 1.15 bits per heavy atom. The van der Waals surface area contributed by atoms with Crippen molar-refractivity contribution in [3.05, 3.63) is 0 Å². The van der Waals surface area contributed by atoms with Crippen LogP contribution in [0, 0.1) is 0 Å². The van der Waals surface area contributed by atoms with Gasteiger partial charge in [-0.2, -0.15) is 0 Å². The molecule has 1 rings (SSSR count). The second kappa shape index (κ2) is 12.6. The van der Waals surface area contributed by atoms with Gasteiger partial charge < -0.3 is 20.1 Å². The highest BCUT2D eigenvalue weighted by Gasteiger charge is 2.10. The van der Waals surface area contributed by atoms with Gasteiger partial charge in [-0.15, -0.1) is 0 Å². The quantitative estimate of drug-likeness (QED) is 0.509. The summed E-state index contributed by atoms with van der Waals surface area (Å²) in [5.74, 6) is 0. The molecule has 0 aliphatic carbocycles. The van der Waals surface area contributed by atoms with Crippen molar-refractivity contribution in [3.63, 3.8) is 0 Å². The highest BCUT2D eigenvalue weighted by molar-refractivity contribution is 4.66. The predicted octanol–water partition coefficient (Wildman–Crippen LogP) is 2.02.